The quantitative estimate of drug-likeness (QED) is 0.756. The van der Waals surface area contributed by atoms with Gasteiger partial charge in [-0.15, -0.1) is 0 Å². The van der Waals surface area contributed by atoms with Crippen LogP contribution in [-0.2, 0) is 9.59 Å². The fourth-order valence-electron chi connectivity index (χ4n) is 3.69. The van der Waals surface area contributed by atoms with E-state index in [2.05, 4.69) is 10.6 Å². The molecule has 1 saturated heterocycles. The molecule has 0 radical (unpaired) electrons. The van der Waals surface area contributed by atoms with Crippen LogP contribution in [0.2, 0.25) is 0 Å². The predicted octanol–water partition coefficient (Wildman–Crippen LogP) is 2.35. The summed E-state index contributed by atoms with van der Waals surface area (Å²) in [6.07, 6.45) is 4.30. The molecule has 0 aromatic heterocycles. The van der Waals surface area contributed by atoms with Gasteiger partial charge in [0.15, 0.2) is 0 Å². The number of carbonyl (C=O) groups is 3. The van der Waals surface area contributed by atoms with E-state index in [9.17, 15) is 14.4 Å². The van der Waals surface area contributed by atoms with E-state index in [1.807, 2.05) is 36.9 Å². The molecule has 0 bridgehead atoms. The lowest BCUT2D eigenvalue weighted by Gasteiger charge is -2.36. The molecular formula is C22H31N3O3. The van der Waals surface area contributed by atoms with E-state index in [0.717, 1.165) is 32.1 Å². The zero-order chi connectivity index (χ0) is 20.1. The van der Waals surface area contributed by atoms with E-state index in [1.54, 1.807) is 12.1 Å². The molecule has 1 aromatic rings. The first-order valence-electron chi connectivity index (χ1n) is 10.4. The van der Waals surface area contributed by atoms with Gasteiger partial charge in [0.05, 0.1) is 0 Å². The Morgan fingerprint density at radius 2 is 1.68 bits per heavy atom. The number of benzene rings is 1. The molecule has 1 aliphatic heterocycles. The molecule has 1 aromatic carbocycles. The Morgan fingerprint density at radius 3 is 2.25 bits per heavy atom. The molecule has 2 atom stereocenters. The van der Waals surface area contributed by atoms with E-state index >= 15 is 0 Å². The molecule has 3 rings (SSSR count). The van der Waals surface area contributed by atoms with Crippen LogP contribution in [-0.4, -0.2) is 47.8 Å². The molecule has 2 N–H and O–H groups in total. The molecule has 2 fully saturated rings. The number of nitrogens with zero attached hydrogens (tertiary/aromatic N) is 1. The number of carbonyl (C=O) groups excluding carboxylic acids is 3. The largest absolute Gasteiger partial charge is 0.352 e. The van der Waals surface area contributed by atoms with Gasteiger partial charge in [0.25, 0.3) is 5.91 Å². The monoisotopic (exact) mass is 385 g/mol. The maximum atomic E-state index is 12.9. The molecule has 2 aliphatic rings. The summed E-state index contributed by atoms with van der Waals surface area (Å²) in [5, 5.41) is 5.97. The lowest BCUT2D eigenvalue weighted by atomic mass is 9.88. The standard InChI is InChI=1S/C22H31N3O3/c1-3-15(2)23-21(27)19(24-20(26)17-7-5-4-6-8-17)16-11-13-25(14-12-16)22(28)18-9-10-18/h4-8,15-16,18-19H,3,9-14H2,1-2H3,(H,23,27)(H,24,26). The van der Waals surface area contributed by atoms with Gasteiger partial charge < -0.3 is 15.5 Å². The molecule has 1 aliphatic carbocycles. The van der Waals surface area contributed by atoms with Crippen molar-refractivity contribution in [2.45, 2.75) is 58.0 Å². The molecule has 3 amide bonds. The van der Waals surface area contributed by atoms with Crippen molar-refractivity contribution in [2.24, 2.45) is 11.8 Å². The third-order valence-corrected chi connectivity index (χ3v) is 5.86. The molecule has 1 saturated carbocycles. The maximum Gasteiger partial charge on any atom is 0.251 e. The van der Waals surface area contributed by atoms with E-state index in [1.165, 1.54) is 0 Å². The lowest BCUT2D eigenvalue weighted by Crippen LogP contribution is -2.55. The van der Waals surface area contributed by atoms with Gasteiger partial charge in [-0.05, 0) is 57.1 Å². The highest BCUT2D eigenvalue weighted by Crippen LogP contribution is 2.33. The number of amides is 3. The van der Waals surface area contributed by atoms with Crippen LogP contribution in [0.5, 0.6) is 0 Å². The third-order valence-electron chi connectivity index (χ3n) is 5.86. The molecule has 0 spiro atoms. The van der Waals surface area contributed by atoms with Crippen LogP contribution in [0, 0.1) is 11.8 Å². The lowest BCUT2D eigenvalue weighted by molar-refractivity contribution is -0.134. The first kappa shape index (κ1) is 20.4. The maximum absolute atomic E-state index is 12.9. The topological polar surface area (TPSA) is 78.5 Å². The van der Waals surface area contributed by atoms with Gasteiger partial charge >= 0.3 is 0 Å². The van der Waals surface area contributed by atoms with Crippen molar-refractivity contribution < 1.29 is 14.4 Å². The molecule has 2 unspecified atom stereocenters. The van der Waals surface area contributed by atoms with Gasteiger partial charge in [0.2, 0.25) is 11.8 Å². The average Bonchev–Trinajstić information content (AvgIpc) is 3.57. The normalized spacial score (nSPS) is 19.6. The molecule has 6 heteroatoms. The summed E-state index contributed by atoms with van der Waals surface area (Å²) in [5.41, 5.74) is 0.546. The van der Waals surface area contributed by atoms with Gasteiger partial charge in [0, 0.05) is 30.6 Å². The summed E-state index contributed by atoms with van der Waals surface area (Å²) in [4.78, 5) is 39.8. The van der Waals surface area contributed by atoms with E-state index in [4.69, 9.17) is 0 Å². The van der Waals surface area contributed by atoms with Gasteiger partial charge in [-0.25, -0.2) is 0 Å². The van der Waals surface area contributed by atoms with Crippen molar-refractivity contribution in [1.82, 2.24) is 15.5 Å². The van der Waals surface area contributed by atoms with Gasteiger partial charge in [-0.1, -0.05) is 25.1 Å². The van der Waals surface area contributed by atoms with E-state index in [0.29, 0.717) is 18.7 Å². The Morgan fingerprint density at radius 1 is 1.04 bits per heavy atom. The molecular weight excluding hydrogens is 354 g/mol. The minimum Gasteiger partial charge on any atom is -0.352 e. The Balaban J connectivity index is 1.66. The summed E-state index contributed by atoms with van der Waals surface area (Å²) < 4.78 is 0. The van der Waals surface area contributed by atoms with Crippen molar-refractivity contribution in [2.75, 3.05) is 13.1 Å². The summed E-state index contributed by atoms with van der Waals surface area (Å²) in [6, 6.07) is 8.44. The van der Waals surface area contributed by atoms with Crippen molar-refractivity contribution in [3.05, 3.63) is 35.9 Å². The first-order valence-corrected chi connectivity index (χ1v) is 10.4. The Kier molecular flexibility index (Phi) is 6.70. The highest BCUT2D eigenvalue weighted by Gasteiger charge is 2.38. The Hall–Kier alpha value is -2.37. The minimum atomic E-state index is -0.583. The van der Waals surface area contributed by atoms with Crippen LogP contribution >= 0.6 is 0 Å². The van der Waals surface area contributed by atoms with Crippen LogP contribution in [0.1, 0.15) is 56.3 Å². The van der Waals surface area contributed by atoms with Gasteiger partial charge in [0.1, 0.15) is 6.04 Å². The SMILES string of the molecule is CCC(C)NC(=O)C(NC(=O)c1ccccc1)C1CCN(C(=O)C2CC2)CC1. The van der Waals surface area contributed by atoms with Gasteiger partial charge in [-0.2, -0.15) is 0 Å². The second kappa shape index (κ2) is 9.22. The Labute approximate surface area is 167 Å². The summed E-state index contributed by atoms with van der Waals surface area (Å²) in [6.45, 7) is 5.30. The number of hydrogen-bond donors (Lipinski definition) is 2. The van der Waals surface area contributed by atoms with E-state index in [-0.39, 0.29) is 35.6 Å². The molecule has 152 valence electrons. The van der Waals surface area contributed by atoms with Crippen LogP contribution in [0.3, 0.4) is 0 Å². The van der Waals surface area contributed by atoms with Crippen molar-refractivity contribution in [1.29, 1.82) is 0 Å². The Bertz CT molecular complexity index is 694. The first-order chi connectivity index (χ1) is 13.5. The fourth-order valence-corrected chi connectivity index (χ4v) is 3.69. The minimum absolute atomic E-state index is 0.0278. The zero-order valence-electron chi connectivity index (χ0n) is 16.8. The van der Waals surface area contributed by atoms with Gasteiger partial charge in [-0.3, -0.25) is 14.4 Å². The number of piperidine rings is 1. The van der Waals surface area contributed by atoms with Crippen LogP contribution in [0.15, 0.2) is 30.3 Å². The number of nitrogens with one attached hydrogen (secondary N) is 2. The molecule has 1 heterocycles. The van der Waals surface area contributed by atoms with Crippen molar-refractivity contribution in [3.63, 3.8) is 0 Å². The second-order valence-corrected chi connectivity index (χ2v) is 8.07. The summed E-state index contributed by atoms with van der Waals surface area (Å²) >= 11 is 0. The van der Waals surface area contributed by atoms with Crippen LogP contribution in [0.4, 0.5) is 0 Å². The smallest absolute Gasteiger partial charge is 0.251 e. The summed E-state index contributed by atoms with van der Waals surface area (Å²) in [5.74, 6) is 0.137. The van der Waals surface area contributed by atoms with Crippen molar-refractivity contribution in [3.8, 4) is 0 Å². The van der Waals surface area contributed by atoms with Crippen LogP contribution in [0.25, 0.3) is 0 Å². The van der Waals surface area contributed by atoms with Crippen LogP contribution < -0.4 is 10.6 Å². The van der Waals surface area contributed by atoms with Crippen molar-refractivity contribution >= 4 is 17.7 Å². The third kappa shape index (κ3) is 5.12. The second-order valence-electron chi connectivity index (χ2n) is 8.07. The average molecular weight is 386 g/mol. The fraction of sp³-hybridized carbons (Fsp3) is 0.591. The number of hydrogen-bond acceptors (Lipinski definition) is 3. The summed E-state index contributed by atoms with van der Waals surface area (Å²) in [7, 11) is 0. The highest BCUT2D eigenvalue weighted by molar-refractivity contribution is 5.97. The number of likely N-dealkylation sites (tertiary alicyclic amines) is 1. The molecule has 6 nitrogen and oxygen atoms in total. The number of rotatable bonds is 7. The molecule has 28 heavy (non-hydrogen) atoms. The predicted molar refractivity (Wildman–Crippen MR) is 108 cm³/mol. The highest BCUT2D eigenvalue weighted by atomic mass is 16.2. The van der Waals surface area contributed by atoms with E-state index < -0.39 is 6.04 Å². The zero-order valence-corrected chi connectivity index (χ0v) is 16.8.